The van der Waals surface area contributed by atoms with Gasteiger partial charge in [-0.05, 0) is 46.7 Å². The molecule has 0 aliphatic carbocycles. The van der Waals surface area contributed by atoms with Crippen LogP contribution in [0.1, 0.15) is 5.56 Å². The van der Waals surface area contributed by atoms with Crippen LogP contribution in [-0.2, 0) is 6.54 Å². The summed E-state index contributed by atoms with van der Waals surface area (Å²) in [5.74, 6) is 0. The average molecular weight is 300 g/mol. The summed E-state index contributed by atoms with van der Waals surface area (Å²) in [6.45, 7) is 0.796. The maximum Gasteiger partial charge on any atom is 0.0858 e. The number of anilines is 1. The van der Waals surface area contributed by atoms with E-state index in [4.69, 9.17) is 0 Å². The molecule has 0 saturated carbocycles. The van der Waals surface area contributed by atoms with Gasteiger partial charge in [-0.1, -0.05) is 36.4 Å². The second kappa shape index (κ2) is 5.93. The van der Waals surface area contributed by atoms with Crippen LogP contribution in [0.5, 0.6) is 0 Å². The van der Waals surface area contributed by atoms with Crippen molar-refractivity contribution < 1.29 is 0 Å². The van der Waals surface area contributed by atoms with E-state index in [1.807, 2.05) is 24.3 Å². The van der Waals surface area contributed by atoms with Gasteiger partial charge in [0.2, 0.25) is 0 Å². The molecule has 4 rings (SSSR count). The van der Waals surface area contributed by atoms with Crippen molar-refractivity contribution in [2.75, 3.05) is 5.32 Å². The third-order valence-corrected chi connectivity index (χ3v) is 3.83. The van der Waals surface area contributed by atoms with E-state index >= 15 is 0 Å². The van der Waals surface area contributed by atoms with Gasteiger partial charge < -0.3 is 5.32 Å². The van der Waals surface area contributed by atoms with Gasteiger partial charge in [-0.15, -0.1) is 0 Å². The lowest BCUT2D eigenvalue weighted by atomic mass is 10.1. The number of nitrogens with one attached hydrogen (secondary N) is 1. The first-order valence-corrected chi connectivity index (χ1v) is 7.57. The highest BCUT2D eigenvalue weighted by Gasteiger charge is 1.99. The zero-order valence-electron chi connectivity index (χ0n) is 12.6. The maximum absolute atomic E-state index is 4.12. The topological polar surface area (TPSA) is 42.7 Å². The summed E-state index contributed by atoms with van der Waals surface area (Å²) in [6, 6.07) is 23.1. The molecule has 0 saturated heterocycles. The highest BCUT2D eigenvalue weighted by molar-refractivity contribution is 5.83. The smallest absolute Gasteiger partial charge is 0.0858 e. The number of fused-ring (bicyclic) bond motifs is 1. The summed E-state index contributed by atoms with van der Waals surface area (Å²) in [6.07, 6.45) is 3.35. The van der Waals surface area contributed by atoms with E-state index < -0.39 is 0 Å². The number of nitrogens with zero attached hydrogens (tertiary/aromatic N) is 3. The molecule has 0 aliphatic heterocycles. The Balaban J connectivity index is 1.47. The predicted molar refractivity (Wildman–Crippen MR) is 92.6 cm³/mol. The van der Waals surface area contributed by atoms with Crippen LogP contribution in [0.15, 0.2) is 79.1 Å². The molecule has 1 aromatic heterocycles. The van der Waals surface area contributed by atoms with Gasteiger partial charge >= 0.3 is 0 Å². The molecule has 3 aromatic carbocycles. The molecule has 0 radical (unpaired) electrons. The van der Waals surface area contributed by atoms with Crippen molar-refractivity contribution in [3.05, 3.63) is 84.7 Å². The lowest BCUT2D eigenvalue weighted by Crippen LogP contribution is -2.01. The van der Waals surface area contributed by atoms with Crippen LogP contribution in [0.2, 0.25) is 0 Å². The Hall–Kier alpha value is -3.14. The molecule has 0 unspecified atom stereocenters. The molecular formula is C19H16N4. The summed E-state index contributed by atoms with van der Waals surface area (Å²) in [4.78, 5) is 1.60. The first-order chi connectivity index (χ1) is 11.4. The van der Waals surface area contributed by atoms with Crippen molar-refractivity contribution in [3.8, 4) is 5.69 Å². The number of aromatic nitrogens is 3. The van der Waals surface area contributed by atoms with Crippen LogP contribution in [0, 0.1) is 0 Å². The summed E-state index contributed by atoms with van der Waals surface area (Å²) in [5.41, 5.74) is 3.29. The van der Waals surface area contributed by atoms with Crippen molar-refractivity contribution in [3.63, 3.8) is 0 Å². The minimum Gasteiger partial charge on any atom is -0.381 e. The second-order valence-electron chi connectivity index (χ2n) is 5.40. The summed E-state index contributed by atoms with van der Waals surface area (Å²) in [7, 11) is 0. The van der Waals surface area contributed by atoms with Crippen LogP contribution in [0.4, 0.5) is 5.69 Å². The SMILES string of the molecule is c1ccc2cc(CNc3ccc(-n4nccn4)cc3)ccc2c1. The first-order valence-electron chi connectivity index (χ1n) is 7.57. The molecule has 4 nitrogen and oxygen atoms in total. The quantitative estimate of drug-likeness (QED) is 0.618. The average Bonchev–Trinajstić information content (AvgIpc) is 3.15. The summed E-state index contributed by atoms with van der Waals surface area (Å²) in [5, 5.41) is 14.2. The fourth-order valence-corrected chi connectivity index (χ4v) is 2.61. The minimum absolute atomic E-state index is 0.796. The van der Waals surface area contributed by atoms with E-state index in [2.05, 4.69) is 58.0 Å². The highest BCUT2D eigenvalue weighted by atomic mass is 15.5. The Kier molecular flexibility index (Phi) is 3.48. The van der Waals surface area contributed by atoms with Gasteiger partial charge in [0, 0.05) is 12.2 Å². The van der Waals surface area contributed by atoms with Gasteiger partial charge in [0.25, 0.3) is 0 Å². The van der Waals surface area contributed by atoms with Crippen molar-refractivity contribution >= 4 is 16.5 Å². The standard InChI is InChI=1S/C19H16N4/c1-2-4-17-13-15(5-6-16(17)3-1)14-20-18-7-9-19(10-8-18)23-21-11-12-22-23/h1-13,20H,14H2. The van der Waals surface area contributed by atoms with Gasteiger partial charge in [-0.2, -0.15) is 15.0 Å². The monoisotopic (exact) mass is 300 g/mol. The van der Waals surface area contributed by atoms with Crippen molar-refractivity contribution in [2.45, 2.75) is 6.54 Å². The zero-order chi connectivity index (χ0) is 15.5. The van der Waals surface area contributed by atoms with Crippen molar-refractivity contribution in [2.24, 2.45) is 0 Å². The van der Waals surface area contributed by atoms with Gasteiger partial charge in [0.15, 0.2) is 0 Å². The lowest BCUT2D eigenvalue weighted by molar-refractivity contribution is 0.752. The Morgan fingerprint density at radius 2 is 1.52 bits per heavy atom. The molecule has 0 bridgehead atoms. The van der Waals surface area contributed by atoms with Crippen LogP contribution < -0.4 is 5.32 Å². The molecule has 23 heavy (non-hydrogen) atoms. The van der Waals surface area contributed by atoms with Gasteiger partial charge in [0.05, 0.1) is 18.1 Å². The predicted octanol–water partition coefficient (Wildman–Crippen LogP) is 4.03. The van der Waals surface area contributed by atoms with E-state index in [0.717, 1.165) is 17.9 Å². The number of hydrogen-bond donors (Lipinski definition) is 1. The molecular weight excluding hydrogens is 284 g/mol. The lowest BCUT2D eigenvalue weighted by Gasteiger charge is -2.08. The van der Waals surface area contributed by atoms with Crippen molar-refractivity contribution in [1.29, 1.82) is 0 Å². The fourth-order valence-electron chi connectivity index (χ4n) is 2.61. The Bertz CT molecular complexity index is 912. The van der Waals surface area contributed by atoms with Gasteiger partial charge in [-0.3, -0.25) is 0 Å². The van der Waals surface area contributed by atoms with E-state index in [1.165, 1.54) is 16.3 Å². The molecule has 4 aromatic rings. The maximum atomic E-state index is 4.12. The number of rotatable bonds is 4. The van der Waals surface area contributed by atoms with Crippen LogP contribution >= 0.6 is 0 Å². The normalized spacial score (nSPS) is 10.8. The molecule has 0 atom stereocenters. The first kappa shape index (κ1) is 13.5. The number of hydrogen-bond acceptors (Lipinski definition) is 3. The summed E-state index contributed by atoms with van der Waals surface area (Å²) < 4.78 is 0. The van der Waals surface area contributed by atoms with Crippen LogP contribution in [0.25, 0.3) is 16.5 Å². The van der Waals surface area contributed by atoms with Crippen molar-refractivity contribution in [1.82, 2.24) is 15.0 Å². The van der Waals surface area contributed by atoms with Crippen LogP contribution in [0.3, 0.4) is 0 Å². The molecule has 1 heterocycles. The molecule has 1 N–H and O–H groups in total. The van der Waals surface area contributed by atoms with E-state index in [-0.39, 0.29) is 0 Å². The Morgan fingerprint density at radius 1 is 0.783 bits per heavy atom. The minimum atomic E-state index is 0.796. The van der Waals surface area contributed by atoms with Gasteiger partial charge in [0.1, 0.15) is 0 Å². The van der Waals surface area contributed by atoms with E-state index in [9.17, 15) is 0 Å². The molecule has 0 amide bonds. The summed E-state index contributed by atoms with van der Waals surface area (Å²) >= 11 is 0. The fraction of sp³-hybridized carbons (Fsp3) is 0.0526. The zero-order valence-corrected chi connectivity index (χ0v) is 12.6. The number of benzene rings is 3. The largest absolute Gasteiger partial charge is 0.381 e. The molecule has 0 aliphatic rings. The highest BCUT2D eigenvalue weighted by Crippen LogP contribution is 2.17. The Morgan fingerprint density at radius 3 is 2.30 bits per heavy atom. The molecule has 112 valence electrons. The van der Waals surface area contributed by atoms with Gasteiger partial charge in [-0.25, -0.2) is 0 Å². The van der Waals surface area contributed by atoms with Crippen LogP contribution in [-0.4, -0.2) is 15.0 Å². The Labute approximate surface area is 134 Å². The van der Waals surface area contributed by atoms with E-state index in [1.54, 1.807) is 17.2 Å². The second-order valence-corrected chi connectivity index (χ2v) is 5.40. The molecule has 4 heteroatoms. The van der Waals surface area contributed by atoms with E-state index in [0.29, 0.717) is 0 Å². The third-order valence-electron chi connectivity index (χ3n) is 3.83. The molecule has 0 spiro atoms. The third kappa shape index (κ3) is 2.92. The molecule has 0 fully saturated rings.